The molecule has 6 nitrogen and oxygen atoms in total. The van der Waals surface area contributed by atoms with Gasteiger partial charge in [-0.3, -0.25) is 19.0 Å². The number of amides is 1. The molecule has 1 aromatic heterocycles. The maximum absolute atomic E-state index is 13.5. The Kier molecular flexibility index (Phi) is 5.41. The summed E-state index contributed by atoms with van der Waals surface area (Å²) < 4.78 is 15.0. The Balaban J connectivity index is 1.51. The zero-order chi connectivity index (χ0) is 22.3. The van der Waals surface area contributed by atoms with Crippen LogP contribution in [0.25, 0.3) is 10.9 Å². The van der Waals surface area contributed by atoms with Crippen molar-refractivity contribution in [1.29, 1.82) is 0 Å². The number of benzene rings is 2. The molecule has 2 heterocycles. The molecule has 1 aliphatic heterocycles. The Morgan fingerprint density at radius 3 is 2.68 bits per heavy atom. The summed E-state index contributed by atoms with van der Waals surface area (Å²) in [5.74, 6) is -1.92. The second-order valence-electron chi connectivity index (χ2n) is 7.72. The molecule has 1 N–H and O–H groups in total. The molecule has 160 valence electrons. The average Bonchev–Trinajstić information content (AvgIpc) is 3.27. The minimum Gasteiger partial charge on any atom is -0.373 e. The first-order valence-corrected chi connectivity index (χ1v) is 10.2. The second kappa shape index (κ2) is 7.90. The number of ketones is 1. The standard InChI is InChI=1S/C23H20ClFN2O4/c1-14(28)26-8-6-16-12-19(3-4-20(16)26)27-9-7-23(31,22(27)30)21(29)5-2-15-10-17(24)13-18(25)11-15/h3-4,6,8,10-13,31H,2,5,7,9H2,1H3/t23-/m0/s1. The van der Waals surface area contributed by atoms with Crippen molar-refractivity contribution in [2.45, 2.75) is 31.8 Å². The van der Waals surface area contributed by atoms with E-state index in [4.69, 9.17) is 11.6 Å². The SMILES string of the molecule is CC(=O)n1ccc2cc(N3CC[C@](O)(C(=O)CCc4cc(F)cc(Cl)c4)C3=O)ccc21. The molecule has 0 aliphatic carbocycles. The van der Waals surface area contributed by atoms with Crippen LogP contribution in [0.15, 0.2) is 48.7 Å². The molecule has 2 aromatic carbocycles. The Bertz CT molecular complexity index is 1200. The van der Waals surface area contributed by atoms with Crippen LogP contribution >= 0.6 is 11.6 Å². The summed E-state index contributed by atoms with van der Waals surface area (Å²) in [6, 6.07) is 10.9. The van der Waals surface area contributed by atoms with Gasteiger partial charge in [-0.25, -0.2) is 4.39 Å². The van der Waals surface area contributed by atoms with Gasteiger partial charge in [0.1, 0.15) is 5.82 Å². The van der Waals surface area contributed by atoms with Gasteiger partial charge in [0, 0.05) is 48.6 Å². The molecule has 0 spiro atoms. The molecular weight excluding hydrogens is 423 g/mol. The molecule has 0 saturated carbocycles. The third kappa shape index (κ3) is 3.86. The number of hydrogen-bond acceptors (Lipinski definition) is 4. The molecule has 4 rings (SSSR count). The van der Waals surface area contributed by atoms with E-state index in [1.165, 1.54) is 28.5 Å². The van der Waals surface area contributed by atoms with E-state index in [0.29, 0.717) is 16.8 Å². The number of hydrogen-bond donors (Lipinski definition) is 1. The average molecular weight is 443 g/mol. The second-order valence-corrected chi connectivity index (χ2v) is 8.15. The van der Waals surface area contributed by atoms with Crippen molar-refractivity contribution in [3.05, 3.63) is 65.1 Å². The molecule has 1 fully saturated rings. The van der Waals surface area contributed by atoms with Gasteiger partial charge in [-0.1, -0.05) is 11.6 Å². The number of nitrogens with zero attached hydrogens (tertiary/aromatic N) is 2. The lowest BCUT2D eigenvalue weighted by atomic mass is 9.92. The van der Waals surface area contributed by atoms with Crippen molar-refractivity contribution >= 4 is 45.8 Å². The summed E-state index contributed by atoms with van der Waals surface area (Å²) in [4.78, 5) is 38.7. The number of anilines is 1. The number of aryl methyl sites for hydroxylation is 1. The molecular formula is C23H20ClFN2O4. The lowest BCUT2D eigenvalue weighted by Crippen LogP contribution is -2.47. The fourth-order valence-electron chi connectivity index (χ4n) is 4.00. The van der Waals surface area contributed by atoms with Gasteiger partial charge in [-0.2, -0.15) is 0 Å². The summed E-state index contributed by atoms with van der Waals surface area (Å²) in [6.45, 7) is 1.65. The van der Waals surface area contributed by atoms with Crippen LogP contribution in [0.2, 0.25) is 5.02 Å². The van der Waals surface area contributed by atoms with Gasteiger partial charge in [-0.15, -0.1) is 0 Å². The molecule has 31 heavy (non-hydrogen) atoms. The number of fused-ring (bicyclic) bond motifs is 1. The highest BCUT2D eigenvalue weighted by Gasteiger charge is 2.50. The highest BCUT2D eigenvalue weighted by atomic mass is 35.5. The number of aliphatic hydroxyl groups is 1. The monoisotopic (exact) mass is 442 g/mol. The van der Waals surface area contributed by atoms with E-state index in [1.807, 2.05) is 0 Å². The largest absolute Gasteiger partial charge is 0.373 e. The number of rotatable bonds is 5. The van der Waals surface area contributed by atoms with Crippen molar-refractivity contribution in [2.75, 3.05) is 11.4 Å². The molecule has 8 heteroatoms. The molecule has 1 aliphatic rings. The zero-order valence-corrected chi connectivity index (χ0v) is 17.5. The van der Waals surface area contributed by atoms with Crippen LogP contribution in [-0.4, -0.2) is 39.4 Å². The van der Waals surface area contributed by atoms with E-state index >= 15 is 0 Å². The van der Waals surface area contributed by atoms with E-state index < -0.39 is 23.1 Å². The van der Waals surface area contributed by atoms with Gasteiger partial charge in [0.15, 0.2) is 5.78 Å². The minimum absolute atomic E-state index is 0.0267. The van der Waals surface area contributed by atoms with E-state index in [-0.39, 0.29) is 36.7 Å². The maximum Gasteiger partial charge on any atom is 0.266 e. The van der Waals surface area contributed by atoms with E-state index in [9.17, 15) is 23.9 Å². The summed E-state index contributed by atoms with van der Waals surface area (Å²) in [7, 11) is 0. The highest BCUT2D eigenvalue weighted by molar-refractivity contribution is 6.30. The van der Waals surface area contributed by atoms with Gasteiger partial charge in [0.2, 0.25) is 11.5 Å². The van der Waals surface area contributed by atoms with Crippen LogP contribution in [0, 0.1) is 5.82 Å². The Labute approximate surface area is 182 Å². The molecule has 3 aromatic rings. The van der Waals surface area contributed by atoms with Crippen LogP contribution in [0.3, 0.4) is 0 Å². The molecule has 1 amide bonds. The van der Waals surface area contributed by atoms with Gasteiger partial charge >= 0.3 is 0 Å². The number of carbonyl (C=O) groups excluding carboxylic acids is 3. The van der Waals surface area contributed by atoms with Crippen LogP contribution in [0.1, 0.15) is 30.1 Å². The summed E-state index contributed by atoms with van der Waals surface area (Å²) in [5, 5.41) is 11.8. The van der Waals surface area contributed by atoms with Gasteiger partial charge in [0.05, 0.1) is 5.52 Å². The van der Waals surface area contributed by atoms with E-state index in [2.05, 4.69) is 0 Å². The Morgan fingerprint density at radius 1 is 1.19 bits per heavy atom. The molecule has 0 unspecified atom stereocenters. The first kappa shape index (κ1) is 21.2. The fourth-order valence-corrected chi connectivity index (χ4v) is 4.25. The quantitative estimate of drug-likeness (QED) is 0.610. The van der Waals surface area contributed by atoms with E-state index in [0.717, 1.165) is 5.39 Å². The third-order valence-corrected chi connectivity index (χ3v) is 5.86. The molecule has 1 saturated heterocycles. The Morgan fingerprint density at radius 2 is 1.97 bits per heavy atom. The summed E-state index contributed by atoms with van der Waals surface area (Å²) in [6.07, 6.45) is 1.68. The van der Waals surface area contributed by atoms with E-state index in [1.54, 1.807) is 36.5 Å². The summed E-state index contributed by atoms with van der Waals surface area (Å²) in [5.41, 5.74) is -0.343. The Hall–Kier alpha value is -3.03. The van der Waals surface area contributed by atoms with Crippen molar-refractivity contribution < 1.29 is 23.9 Å². The highest BCUT2D eigenvalue weighted by Crippen LogP contribution is 2.32. The first-order chi connectivity index (χ1) is 14.7. The first-order valence-electron chi connectivity index (χ1n) is 9.84. The number of carbonyl (C=O) groups is 3. The van der Waals surface area contributed by atoms with Crippen molar-refractivity contribution in [1.82, 2.24) is 4.57 Å². The fraction of sp³-hybridized carbons (Fsp3) is 0.261. The van der Waals surface area contributed by atoms with Crippen molar-refractivity contribution in [2.24, 2.45) is 0 Å². The van der Waals surface area contributed by atoms with Gasteiger partial charge in [0.25, 0.3) is 5.91 Å². The molecule has 0 bridgehead atoms. The summed E-state index contributed by atoms with van der Waals surface area (Å²) >= 11 is 5.84. The lowest BCUT2D eigenvalue weighted by Gasteiger charge is -2.21. The van der Waals surface area contributed by atoms with Gasteiger partial charge < -0.3 is 10.0 Å². The predicted molar refractivity (Wildman–Crippen MR) is 115 cm³/mol. The van der Waals surface area contributed by atoms with Crippen molar-refractivity contribution in [3.8, 4) is 0 Å². The number of Topliss-reactive ketones (excluding diaryl/α,β-unsaturated/α-hetero) is 1. The smallest absolute Gasteiger partial charge is 0.266 e. The minimum atomic E-state index is -2.11. The zero-order valence-electron chi connectivity index (χ0n) is 16.8. The van der Waals surface area contributed by atoms with Crippen LogP contribution in [0.5, 0.6) is 0 Å². The number of halogens is 2. The number of aromatic nitrogens is 1. The third-order valence-electron chi connectivity index (χ3n) is 5.65. The topological polar surface area (TPSA) is 79.6 Å². The normalized spacial score (nSPS) is 18.7. The van der Waals surface area contributed by atoms with Crippen LogP contribution < -0.4 is 4.90 Å². The van der Waals surface area contributed by atoms with Gasteiger partial charge in [-0.05, 0) is 54.4 Å². The van der Waals surface area contributed by atoms with Crippen LogP contribution in [0.4, 0.5) is 10.1 Å². The lowest BCUT2D eigenvalue weighted by molar-refractivity contribution is -0.147. The molecule has 0 radical (unpaired) electrons. The van der Waals surface area contributed by atoms with Crippen molar-refractivity contribution in [3.63, 3.8) is 0 Å². The predicted octanol–water partition coefficient (Wildman–Crippen LogP) is 3.76. The maximum atomic E-state index is 13.5. The van der Waals surface area contributed by atoms with Crippen LogP contribution in [-0.2, 0) is 16.0 Å². The molecule has 1 atom stereocenters.